The van der Waals surface area contributed by atoms with Crippen molar-refractivity contribution in [2.24, 2.45) is 0 Å². The zero-order valence-electron chi connectivity index (χ0n) is 52.8. The van der Waals surface area contributed by atoms with Gasteiger partial charge in [0.15, 0.2) is 0 Å². The Bertz CT molecular complexity index is 3080. The molecule has 0 unspecified atom stereocenters. The number of hydrogen-bond donors (Lipinski definition) is 8. The van der Waals surface area contributed by atoms with E-state index in [1.165, 1.54) is 0 Å². The van der Waals surface area contributed by atoms with Gasteiger partial charge in [-0.1, -0.05) is 24.3 Å². The molecule has 12 aromatic rings. The minimum Gasteiger partial charge on any atom is -0.412 e. The molecule has 0 aliphatic heterocycles. The van der Waals surface area contributed by atoms with Crippen molar-refractivity contribution in [2.45, 2.75) is 0 Å². The fourth-order valence-corrected chi connectivity index (χ4v) is 4.96. The second-order valence-electron chi connectivity index (χ2n) is 16.6. The summed E-state index contributed by atoms with van der Waals surface area (Å²) in [4.78, 5) is 46.9. The van der Waals surface area contributed by atoms with Gasteiger partial charge in [-0.25, -0.2) is 74.5 Å². The molecule has 0 aliphatic rings. The van der Waals surface area contributed by atoms with Crippen molar-refractivity contribution in [3.63, 3.8) is 0 Å². The molecule has 2 radical (unpaired) electrons. The van der Waals surface area contributed by atoms with Gasteiger partial charge in [-0.05, 0) is 146 Å². The van der Waals surface area contributed by atoms with E-state index in [0.29, 0.717) is 0 Å². The molecule has 0 spiro atoms. The van der Waals surface area contributed by atoms with Gasteiger partial charge in [-0.3, -0.25) is 59.8 Å². The number of hydrogen-bond acceptors (Lipinski definition) is 36. The van der Waals surface area contributed by atoms with Gasteiger partial charge in [0, 0.05) is 169 Å². The zero-order chi connectivity index (χ0) is 75.4. The third kappa shape index (κ3) is 84.1. The second-order valence-corrected chi connectivity index (χ2v) is 19.6. The van der Waals surface area contributed by atoms with Crippen LogP contribution in [-0.4, -0.2) is 65.3 Å². The summed E-state index contributed by atoms with van der Waals surface area (Å²) in [6.07, 6.45) is 33.7. The molecule has 12 heterocycles. The van der Waals surface area contributed by atoms with Crippen molar-refractivity contribution < 1.29 is 155 Å². The summed E-state index contributed by atoms with van der Waals surface area (Å²) in [7, 11) is -19.8. The molecule has 0 atom stereocenters. The van der Waals surface area contributed by atoms with E-state index in [2.05, 4.69) is 59.8 Å². The van der Waals surface area contributed by atoms with Gasteiger partial charge in [0.25, 0.3) is 0 Å². The van der Waals surface area contributed by atoms with E-state index in [0.717, 1.165) is 68.3 Å². The fourth-order valence-electron chi connectivity index (χ4n) is 4.96. The number of aromatic nitrogens is 12. The van der Waals surface area contributed by atoms with Crippen LogP contribution >= 0.6 is 0 Å². The van der Waals surface area contributed by atoms with Gasteiger partial charge in [-0.2, -0.15) is 0 Å². The van der Waals surface area contributed by atoms with Gasteiger partial charge >= 0.3 is 34.1 Å². The summed E-state index contributed by atoms with van der Waals surface area (Å²) in [6.45, 7) is 0. The van der Waals surface area contributed by atoms with Crippen LogP contribution in [0.25, 0.3) is 22.8 Å². The van der Waals surface area contributed by atoms with Gasteiger partial charge in [0.1, 0.15) is 0 Å². The maximum Gasteiger partial charge on any atom is 2.00 e. The molecule has 0 saturated carbocycles. The predicted molar refractivity (Wildman–Crippen MR) is 328 cm³/mol. The van der Waals surface area contributed by atoms with Gasteiger partial charge in [-0.15, -0.1) is 41.0 Å². The van der Waals surface area contributed by atoms with Crippen LogP contribution in [-0.2, 0) is 34.1 Å². The molecular weight excluding hydrogens is 1540 g/mol. The molecule has 12 rings (SSSR count). The number of nitrogen functional groups attached to an aromatic ring is 8. The minimum absolute atomic E-state index is 0. The van der Waals surface area contributed by atoms with E-state index in [1.54, 1.807) is 221 Å². The molecule has 0 amide bonds. The molecule has 0 aromatic carbocycles. The number of nitrogens with two attached hydrogens (primary N) is 8. The predicted octanol–water partition coefficient (Wildman–Crippen LogP) is -10.3. The fraction of sp³-hybridized carbons (Fsp3) is 0. The van der Waals surface area contributed by atoms with E-state index in [1.807, 2.05) is 72.8 Å². The van der Waals surface area contributed by atoms with Gasteiger partial charge in [0.05, 0.1) is 22.8 Å². The first kappa shape index (κ1) is 101. The average molecular weight is 1610 g/mol. The summed E-state index contributed by atoms with van der Waals surface area (Å²) >= 11 is 0. The number of pyridine rings is 12. The Labute approximate surface area is 619 Å². The van der Waals surface area contributed by atoms with E-state index in [-0.39, 0.29) is 39.6 Å². The van der Waals surface area contributed by atoms with Crippen molar-refractivity contribution in [1.82, 2.24) is 59.8 Å². The average Bonchev–Trinajstić information content (AvgIpc) is 0.898. The number of nitrogens with zero attached hydrogens (tertiary/aromatic N) is 12. The Morgan fingerprint density at radius 2 is 0.272 bits per heavy atom. The quantitative estimate of drug-likeness (QED) is 0.0745. The summed E-state index contributed by atoms with van der Waals surface area (Å²) in [5, 5.41) is 0. The summed E-state index contributed by atoms with van der Waals surface area (Å²) in [5.74, 6) is 0. The molecule has 43 heteroatoms. The first-order valence-electron chi connectivity index (χ1n) is 26.4. The van der Waals surface area contributed by atoms with E-state index in [4.69, 9.17) is 120 Å². The van der Waals surface area contributed by atoms with Crippen molar-refractivity contribution in [3.05, 3.63) is 294 Å². The number of rotatable bonds is 2. The van der Waals surface area contributed by atoms with Crippen LogP contribution in [0.4, 0.5) is 45.5 Å². The molecular formula is C60H66Cl4Cu2N20O17. The van der Waals surface area contributed by atoms with Crippen molar-refractivity contribution >= 4 is 45.5 Å². The van der Waals surface area contributed by atoms with Crippen molar-refractivity contribution in [1.29, 1.82) is 0 Å². The third-order valence-electron chi connectivity index (χ3n) is 8.83. The molecule has 0 fully saturated rings. The summed E-state index contributed by atoms with van der Waals surface area (Å²) < 4.78 is 136. The Morgan fingerprint density at radius 3 is 0.330 bits per heavy atom. The smallest absolute Gasteiger partial charge is 0.412 e. The first-order chi connectivity index (χ1) is 47.1. The van der Waals surface area contributed by atoms with E-state index in [9.17, 15) is 0 Å². The maximum atomic E-state index is 8.49. The largest absolute Gasteiger partial charge is 2.00 e. The second kappa shape index (κ2) is 62.7. The standard InChI is InChI=1S/2C10H8N2.8C5H6N2.4ClHO4.2Cu.H2O/c2*1-3-7-11-9(5-1)10-6-2-4-8-12-10;8*6-5-1-3-7-4-2-5;4*2-1(3,4)5;;;/h2*1-8H;8*1-4H,(H2,6,7);4*(H,2,3,4,5);;;1H2/q;;;;;;;;;;;;;;2*+2;/p-4. The molecule has 0 saturated heterocycles. The van der Waals surface area contributed by atoms with Crippen LogP contribution in [0.1, 0.15) is 0 Å². The minimum atomic E-state index is -4.94. The Balaban J connectivity index is -0.000000337. The Hall–Kier alpha value is -10.3. The Kier molecular flexibility index (Phi) is 61.7. The zero-order valence-corrected chi connectivity index (χ0v) is 57.8. The molecule has 103 heavy (non-hydrogen) atoms. The molecule has 37 nitrogen and oxygen atoms in total. The molecule has 558 valence electrons. The van der Waals surface area contributed by atoms with E-state index >= 15 is 0 Å². The third-order valence-corrected chi connectivity index (χ3v) is 8.83. The topological polar surface area (TPSA) is 763 Å². The van der Waals surface area contributed by atoms with Crippen LogP contribution in [0.3, 0.4) is 0 Å². The van der Waals surface area contributed by atoms with Gasteiger partial charge in [0.2, 0.25) is 0 Å². The van der Waals surface area contributed by atoms with Crippen molar-refractivity contribution in [2.75, 3.05) is 45.9 Å². The van der Waals surface area contributed by atoms with Crippen LogP contribution < -0.4 is 120 Å². The van der Waals surface area contributed by atoms with Crippen LogP contribution in [0, 0.1) is 41.0 Å². The Morgan fingerprint density at radius 1 is 0.175 bits per heavy atom. The summed E-state index contributed by atoms with van der Waals surface area (Å²) in [5.41, 5.74) is 52.3. The van der Waals surface area contributed by atoms with Crippen molar-refractivity contribution in [3.8, 4) is 22.8 Å². The van der Waals surface area contributed by atoms with Crippen LogP contribution in [0.15, 0.2) is 294 Å². The van der Waals surface area contributed by atoms with E-state index < -0.39 is 41.0 Å². The maximum absolute atomic E-state index is 8.49. The molecule has 0 bridgehead atoms. The number of anilines is 8. The molecule has 18 N–H and O–H groups in total. The molecule has 12 aromatic heterocycles. The van der Waals surface area contributed by atoms with Crippen LogP contribution in [0.2, 0.25) is 0 Å². The van der Waals surface area contributed by atoms with Crippen LogP contribution in [0.5, 0.6) is 0 Å². The first-order valence-corrected chi connectivity index (χ1v) is 31.4. The summed E-state index contributed by atoms with van der Waals surface area (Å²) in [6, 6.07) is 51.2. The van der Waals surface area contributed by atoms with Gasteiger partial charge < -0.3 is 51.3 Å². The molecule has 0 aliphatic carbocycles. The monoisotopic (exact) mass is 1600 g/mol. The SMILES string of the molecule is Nc1ccncc1.Nc1ccncc1.Nc1ccncc1.Nc1ccncc1.Nc1ccncc1.Nc1ccncc1.Nc1ccncc1.Nc1ccncc1.O.[Cu+2].[Cu+2].[O-][Cl+3]([O-])([O-])[O-].[O-][Cl+3]([O-])([O-])[O-].[O-][Cl+3]([O-])([O-])[O-].[O-][Cl+3]([O-])([O-])[O-].c1ccc(-c2ccccn2)nc1.c1ccc(-c2ccccn2)nc1. The normalized spacial score (nSPS) is 9.24. The number of halogens is 4.